The second kappa shape index (κ2) is 3.81. The fourth-order valence-electron chi connectivity index (χ4n) is 0.990. The molecule has 0 aliphatic carbocycles. The lowest BCUT2D eigenvalue weighted by atomic mass is 10.2. The SMILES string of the molecule is Clc1nc(Cc2cccnc2)ns1. The predicted octanol–water partition coefficient (Wildman–Crippen LogP) is 2.18. The number of pyridine rings is 1. The van der Waals surface area contributed by atoms with Crippen molar-refractivity contribution in [1.29, 1.82) is 0 Å². The zero-order valence-corrected chi connectivity index (χ0v) is 8.22. The van der Waals surface area contributed by atoms with Gasteiger partial charge in [0.1, 0.15) is 5.82 Å². The van der Waals surface area contributed by atoms with E-state index >= 15 is 0 Å². The lowest BCUT2D eigenvalue weighted by Crippen LogP contribution is -1.90. The molecule has 13 heavy (non-hydrogen) atoms. The molecule has 0 amide bonds. The van der Waals surface area contributed by atoms with Crippen molar-refractivity contribution in [1.82, 2.24) is 14.3 Å². The Balaban J connectivity index is 2.15. The fraction of sp³-hybridized carbons (Fsp3) is 0.125. The first-order valence-electron chi connectivity index (χ1n) is 3.71. The Bertz CT molecular complexity index is 387. The van der Waals surface area contributed by atoms with Crippen molar-refractivity contribution >= 4 is 23.1 Å². The van der Waals surface area contributed by atoms with Crippen LogP contribution in [0.2, 0.25) is 4.47 Å². The summed E-state index contributed by atoms with van der Waals surface area (Å²) >= 11 is 6.86. The molecule has 0 bridgehead atoms. The van der Waals surface area contributed by atoms with Crippen LogP contribution in [0.3, 0.4) is 0 Å². The van der Waals surface area contributed by atoms with Crippen molar-refractivity contribution in [3.8, 4) is 0 Å². The van der Waals surface area contributed by atoms with Gasteiger partial charge in [-0.1, -0.05) is 6.07 Å². The van der Waals surface area contributed by atoms with E-state index in [1.54, 1.807) is 12.4 Å². The minimum atomic E-state index is 0.485. The molecule has 0 aliphatic heterocycles. The Hall–Kier alpha value is -1.00. The molecule has 2 aromatic rings. The first-order valence-corrected chi connectivity index (χ1v) is 4.87. The van der Waals surface area contributed by atoms with E-state index in [2.05, 4.69) is 14.3 Å². The molecular formula is C8H6ClN3S. The van der Waals surface area contributed by atoms with Gasteiger partial charge in [0.2, 0.25) is 4.47 Å². The van der Waals surface area contributed by atoms with E-state index < -0.39 is 0 Å². The molecule has 2 heterocycles. The summed E-state index contributed by atoms with van der Waals surface area (Å²) in [5.41, 5.74) is 1.09. The largest absolute Gasteiger partial charge is 0.264 e. The van der Waals surface area contributed by atoms with Gasteiger partial charge in [-0.2, -0.15) is 4.37 Å². The Kier molecular flexibility index (Phi) is 2.52. The van der Waals surface area contributed by atoms with Crippen molar-refractivity contribution in [2.24, 2.45) is 0 Å². The fourth-order valence-corrected chi connectivity index (χ4v) is 1.62. The van der Waals surface area contributed by atoms with Crippen LogP contribution in [0.5, 0.6) is 0 Å². The molecule has 0 radical (unpaired) electrons. The molecular weight excluding hydrogens is 206 g/mol. The minimum absolute atomic E-state index is 0.485. The molecule has 0 aliphatic rings. The monoisotopic (exact) mass is 211 g/mol. The lowest BCUT2D eigenvalue weighted by Gasteiger charge is -1.93. The Labute approximate surface area is 84.6 Å². The average molecular weight is 212 g/mol. The second-order valence-corrected chi connectivity index (χ2v) is 3.84. The van der Waals surface area contributed by atoms with Crippen LogP contribution < -0.4 is 0 Å². The molecule has 0 aromatic carbocycles. The zero-order valence-electron chi connectivity index (χ0n) is 6.64. The molecule has 0 saturated heterocycles. The summed E-state index contributed by atoms with van der Waals surface area (Å²) in [5, 5.41) is 0. The van der Waals surface area contributed by atoms with Gasteiger partial charge < -0.3 is 0 Å². The molecule has 66 valence electrons. The van der Waals surface area contributed by atoms with E-state index in [4.69, 9.17) is 11.6 Å². The smallest absolute Gasteiger partial charge is 0.203 e. The molecule has 0 N–H and O–H groups in total. The van der Waals surface area contributed by atoms with Crippen molar-refractivity contribution < 1.29 is 0 Å². The quantitative estimate of drug-likeness (QED) is 0.764. The zero-order chi connectivity index (χ0) is 9.10. The van der Waals surface area contributed by atoms with E-state index in [0.717, 1.165) is 11.4 Å². The molecule has 0 unspecified atom stereocenters. The average Bonchev–Trinajstić information content (AvgIpc) is 2.53. The third kappa shape index (κ3) is 2.23. The highest BCUT2D eigenvalue weighted by atomic mass is 35.5. The predicted molar refractivity (Wildman–Crippen MR) is 52.0 cm³/mol. The van der Waals surface area contributed by atoms with Gasteiger partial charge in [0.25, 0.3) is 0 Å². The number of hydrogen-bond acceptors (Lipinski definition) is 4. The molecule has 0 spiro atoms. The van der Waals surface area contributed by atoms with Gasteiger partial charge in [-0.15, -0.1) is 0 Å². The summed E-state index contributed by atoms with van der Waals surface area (Å²) < 4.78 is 4.57. The number of nitrogens with zero attached hydrogens (tertiary/aromatic N) is 3. The summed E-state index contributed by atoms with van der Waals surface area (Å²) in [5.74, 6) is 0.753. The van der Waals surface area contributed by atoms with Gasteiger partial charge in [-0.25, -0.2) is 4.98 Å². The summed E-state index contributed by atoms with van der Waals surface area (Å²) in [6.07, 6.45) is 4.23. The van der Waals surface area contributed by atoms with E-state index in [1.807, 2.05) is 12.1 Å². The van der Waals surface area contributed by atoms with Gasteiger partial charge in [0.05, 0.1) is 0 Å². The Morgan fingerprint density at radius 2 is 2.38 bits per heavy atom. The van der Waals surface area contributed by atoms with Crippen LogP contribution >= 0.6 is 23.1 Å². The number of hydrogen-bond donors (Lipinski definition) is 0. The highest BCUT2D eigenvalue weighted by Crippen LogP contribution is 2.13. The van der Waals surface area contributed by atoms with Gasteiger partial charge in [-0.05, 0) is 34.8 Å². The normalized spacial score (nSPS) is 10.2. The maximum absolute atomic E-state index is 5.66. The maximum Gasteiger partial charge on any atom is 0.203 e. The summed E-state index contributed by atoms with van der Waals surface area (Å²) in [6.45, 7) is 0. The van der Waals surface area contributed by atoms with Gasteiger partial charge >= 0.3 is 0 Å². The van der Waals surface area contributed by atoms with Crippen LogP contribution in [-0.2, 0) is 6.42 Å². The molecule has 0 atom stereocenters. The molecule has 0 saturated carbocycles. The molecule has 3 nitrogen and oxygen atoms in total. The minimum Gasteiger partial charge on any atom is -0.264 e. The van der Waals surface area contributed by atoms with Crippen LogP contribution in [0.15, 0.2) is 24.5 Å². The summed E-state index contributed by atoms with van der Waals surface area (Å²) in [4.78, 5) is 8.05. The van der Waals surface area contributed by atoms with Gasteiger partial charge in [0, 0.05) is 18.8 Å². The van der Waals surface area contributed by atoms with Gasteiger partial charge in [0.15, 0.2) is 0 Å². The first kappa shape index (κ1) is 8.59. The molecule has 5 heteroatoms. The van der Waals surface area contributed by atoms with E-state index in [-0.39, 0.29) is 0 Å². The van der Waals surface area contributed by atoms with E-state index in [0.29, 0.717) is 10.9 Å². The maximum atomic E-state index is 5.66. The topological polar surface area (TPSA) is 38.7 Å². The molecule has 0 fully saturated rings. The van der Waals surface area contributed by atoms with Crippen LogP contribution in [0, 0.1) is 0 Å². The van der Waals surface area contributed by atoms with Crippen molar-refractivity contribution in [2.75, 3.05) is 0 Å². The Morgan fingerprint density at radius 1 is 1.46 bits per heavy atom. The van der Waals surface area contributed by atoms with Crippen molar-refractivity contribution in [3.05, 3.63) is 40.4 Å². The summed E-state index contributed by atoms with van der Waals surface area (Å²) in [6, 6.07) is 3.88. The molecule has 2 aromatic heterocycles. The van der Waals surface area contributed by atoms with E-state index in [9.17, 15) is 0 Å². The highest BCUT2D eigenvalue weighted by Gasteiger charge is 2.02. The first-order chi connectivity index (χ1) is 6.34. The number of halogens is 1. The van der Waals surface area contributed by atoms with Crippen LogP contribution in [0.25, 0.3) is 0 Å². The van der Waals surface area contributed by atoms with Crippen LogP contribution in [-0.4, -0.2) is 14.3 Å². The van der Waals surface area contributed by atoms with Crippen molar-refractivity contribution in [2.45, 2.75) is 6.42 Å². The van der Waals surface area contributed by atoms with Gasteiger partial charge in [-0.3, -0.25) is 4.98 Å². The van der Waals surface area contributed by atoms with Crippen LogP contribution in [0.4, 0.5) is 0 Å². The standard InChI is InChI=1S/C8H6ClN3S/c9-8-11-7(12-13-8)4-6-2-1-3-10-5-6/h1-3,5H,4H2. The summed E-state index contributed by atoms with van der Waals surface area (Å²) in [7, 11) is 0. The van der Waals surface area contributed by atoms with Crippen LogP contribution in [0.1, 0.15) is 11.4 Å². The number of aromatic nitrogens is 3. The third-order valence-corrected chi connectivity index (χ3v) is 2.36. The Morgan fingerprint density at radius 3 is 3.00 bits per heavy atom. The second-order valence-electron chi connectivity index (χ2n) is 2.50. The highest BCUT2D eigenvalue weighted by molar-refractivity contribution is 7.10. The number of rotatable bonds is 2. The van der Waals surface area contributed by atoms with Crippen molar-refractivity contribution in [3.63, 3.8) is 0 Å². The van der Waals surface area contributed by atoms with E-state index in [1.165, 1.54) is 11.5 Å². The molecule has 2 rings (SSSR count). The third-order valence-electron chi connectivity index (χ3n) is 1.53. The lowest BCUT2D eigenvalue weighted by molar-refractivity contribution is 1.02.